The number of likely N-dealkylation sites (tertiary alicyclic amines) is 1. The zero-order chi connectivity index (χ0) is 21.7. The number of piperidine rings is 1. The fraction of sp³-hybridized carbons (Fsp3) is 0.400. The molecule has 3 aromatic rings. The van der Waals surface area contributed by atoms with Crippen LogP contribution in [0.25, 0.3) is 0 Å². The van der Waals surface area contributed by atoms with Gasteiger partial charge in [0.05, 0.1) is 0 Å². The molecule has 6 heteroatoms. The molecule has 4 rings (SSSR count). The Hall–Kier alpha value is -2.99. The number of amides is 1. The molecule has 0 spiro atoms. The largest absolute Gasteiger partial charge is 0.423 e. The van der Waals surface area contributed by atoms with E-state index in [0.717, 1.165) is 44.6 Å². The average Bonchev–Trinajstić information content (AvgIpc) is 3.27. The van der Waals surface area contributed by atoms with E-state index in [9.17, 15) is 4.79 Å². The lowest BCUT2D eigenvalue weighted by Crippen LogP contribution is -2.56. The highest BCUT2D eigenvalue weighted by Crippen LogP contribution is 2.41. The molecule has 0 saturated carbocycles. The fourth-order valence-corrected chi connectivity index (χ4v) is 4.46. The van der Waals surface area contributed by atoms with Crippen molar-refractivity contribution in [2.75, 3.05) is 24.5 Å². The van der Waals surface area contributed by atoms with E-state index in [2.05, 4.69) is 39.4 Å². The third kappa shape index (κ3) is 4.54. The van der Waals surface area contributed by atoms with Crippen LogP contribution in [0.3, 0.4) is 0 Å². The van der Waals surface area contributed by atoms with Gasteiger partial charge in [-0.05, 0) is 37.0 Å². The predicted octanol–water partition coefficient (Wildman–Crippen LogP) is 4.36. The van der Waals surface area contributed by atoms with Crippen molar-refractivity contribution < 1.29 is 9.21 Å². The van der Waals surface area contributed by atoms with Crippen molar-refractivity contribution in [1.82, 2.24) is 15.1 Å². The zero-order valence-electron chi connectivity index (χ0n) is 18.3. The molecule has 1 amide bonds. The maximum absolute atomic E-state index is 13.2. The van der Waals surface area contributed by atoms with E-state index in [4.69, 9.17) is 4.42 Å². The van der Waals surface area contributed by atoms with Gasteiger partial charge >= 0.3 is 0 Å². The molecule has 31 heavy (non-hydrogen) atoms. The monoisotopic (exact) mass is 418 g/mol. The average molecular weight is 419 g/mol. The van der Waals surface area contributed by atoms with Gasteiger partial charge in [0.1, 0.15) is 5.54 Å². The first-order valence-electron chi connectivity index (χ1n) is 11.1. The molecule has 0 radical (unpaired) electrons. The van der Waals surface area contributed by atoms with Crippen LogP contribution in [-0.2, 0) is 16.8 Å². The van der Waals surface area contributed by atoms with Crippen molar-refractivity contribution in [3.63, 3.8) is 0 Å². The van der Waals surface area contributed by atoms with Crippen molar-refractivity contribution in [2.24, 2.45) is 0 Å². The summed E-state index contributed by atoms with van der Waals surface area (Å²) in [6, 6.07) is 20.4. The van der Waals surface area contributed by atoms with E-state index in [1.807, 2.05) is 48.2 Å². The van der Waals surface area contributed by atoms with Gasteiger partial charge in [-0.2, -0.15) is 0 Å². The van der Waals surface area contributed by atoms with Gasteiger partial charge in [0.15, 0.2) is 0 Å². The summed E-state index contributed by atoms with van der Waals surface area (Å²) in [5.74, 6) is 1.14. The fourth-order valence-electron chi connectivity index (χ4n) is 4.46. The van der Waals surface area contributed by atoms with Crippen LogP contribution in [0.5, 0.6) is 0 Å². The van der Waals surface area contributed by atoms with Gasteiger partial charge < -0.3 is 9.32 Å². The molecule has 1 aromatic heterocycles. The molecule has 1 saturated heterocycles. The number of rotatable bonds is 7. The maximum atomic E-state index is 13.2. The van der Waals surface area contributed by atoms with Gasteiger partial charge in [-0.1, -0.05) is 55.5 Å². The first-order chi connectivity index (χ1) is 15.1. The van der Waals surface area contributed by atoms with Gasteiger partial charge in [0.25, 0.3) is 0 Å². The van der Waals surface area contributed by atoms with E-state index in [-0.39, 0.29) is 5.91 Å². The Kier molecular flexibility index (Phi) is 6.47. The minimum Gasteiger partial charge on any atom is -0.423 e. The number of aryl methyl sites for hydroxylation is 1. The highest BCUT2D eigenvalue weighted by atomic mass is 16.4. The Morgan fingerprint density at radius 3 is 2.26 bits per heavy atom. The molecule has 1 aliphatic rings. The van der Waals surface area contributed by atoms with Crippen molar-refractivity contribution in [3.05, 3.63) is 78.0 Å². The summed E-state index contributed by atoms with van der Waals surface area (Å²) in [6.45, 7) is 6.44. The molecule has 2 heterocycles. The van der Waals surface area contributed by atoms with Crippen molar-refractivity contribution in [1.29, 1.82) is 0 Å². The molecular formula is C25H30N4O2. The Balaban J connectivity index is 1.60. The number of para-hydroxylation sites is 1. The number of carbonyl (C=O) groups excluding carboxylic acids is 1. The van der Waals surface area contributed by atoms with E-state index in [1.165, 1.54) is 5.56 Å². The van der Waals surface area contributed by atoms with Gasteiger partial charge in [0.2, 0.25) is 17.7 Å². The molecule has 0 unspecified atom stereocenters. The normalized spacial score (nSPS) is 16.2. The second kappa shape index (κ2) is 9.43. The quantitative estimate of drug-likeness (QED) is 0.571. The first kappa shape index (κ1) is 21.2. The van der Waals surface area contributed by atoms with Gasteiger partial charge in [-0.3, -0.25) is 9.69 Å². The summed E-state index contributed by atoms with van der Waals surface area (Å²) in [5.41, 5.74) is 1.60. The maximum Gasteiger partial charge on any atom is 0.242 e. The molecule has 1 fully saturated rings. The SMILES string of the molecule is CCC(=O)N(c1ccccc1)C1(c2nnc(C)o2)CCN(CCc2ccccc2)CC1. The standard InChI is InChI=1S/C25H30N4O2/c1-3-23(30)29(22-12-8-5-9-13-22)25(24-27-26-20(2)31-24)15-18-28(19-16-25)17-14-21-10-6-4-7-11-21/h4-13H,3,14-19H2,1-2H3. The number of anilines is 1. The number of hydrogen-bond donors (Lipinski definition) is 0. The van der Waals surface area contributed by atoms with Crippen LogP contribution in [0.15, 0.2) is 65.1 Å². The summed E-state index contributed by atoms with van der Waals surface area (Å²) in [5, 5.41) is 8.49. The van der Waals surface area contributed by atoms with Crippen molar-refractivity contribution in [2.45, 2.75) is 45.1 Å². The Labute approximate surface area is 183 Å². The second-order valence-electron chi connectivity index (χ2n) is 8.15. The molecule has 1 aliphatic heterocycles. The summed E-state index contributed by atoms with van der Waals surface area (Å²) >= 11 is 0. The van der Waals surface area contributed by atoms with Gasteiger partial charge in [0, 0.05) is 38.7 Å². The number of benzene rings is 2. The highest BCUT2D eigenvalue weighted by molar-refractivity contribution is 5.94. The number of nitrogens with zero attached hydrogens (tertiary/aromatic N) is 4. The van der Waals surface area contributed by atoms with Crippen LogP contribution in [0.4, 0.5) is 5.69 Å². The minimum absolute atomic E-state index is 0.0692. The van der Waals surface area contributed by atoms with Gasteiger partial charge in [-0.25, -0.2) is 0 Å². The predicted molar refractivity (Wildman–Crippen MR) is 121 cm³/mol. The van der Waals surface area contributed by atoms with Crippen molar-refractivity contribution in [3.8, 4) is 0 Å². The molecule has 0 bridgehead atoms. The molecular weight excluding hydrogens is 388 g/mol. The van der Waals surface area contributed by atoms with Crippen LogP contribution in [0.1, 0.15) is 43.5 Å². The second-order valence-corrected chi connectivity index (χ2v) is 8.15. The zero-order valence-corrected chi connectivity index (χ0v) is 18.3. The van der Waals surface area contributed by atoms with E-state index in [1.54, 1.807) is 6.92 Å². The topological polar surface area (TPSA) is 62.5 Å². The van der Waals surface area contributed by atoms with Crippen LogP contribution < -0.4 is 4.90 Å². The Bertz CT molecular complexity index is 979. The summed E-state index contributed by atoms with van der Waals surface area (Å²) < 4.78 is 5.95. The Morgan fingerprint density at radius 1 is 1.03 bits per heavy atom. The number of hydrogen-bond acceptors (Lipinski definition) is 5. The molecule has 0 atom stereocenters. The minimum atomic E-state index is -0.626. The molecule has 2 aromatic carbocycles. The van der Waals surface area contributed by atoms with E-state index < -0.39 is 5.54 Å². The third-order valence-electron chi connectivity index (χ3n) is 6.16. The van der Waals surface area contributed by atoms with Crippen LogP contribution >= 0.6 is 0 Å². The highest BCUT2D eigenvalue weighted by Gasteiger charge is 2.48. The smallest absolute Gasteiger partial charge is 0.242 e. The summed E-state index contributed by atoms with van der Waals surface area (Å²) in [7, 11) is 0. The third-order valence-corrected chi connectivity index (χ3v) is 6.16. The van der Waals surface area contributed by atoms with Crippen LogP contribution in [-0.4, -0.2) is 40.6 Å². The van der Waals surface area contributed by atoms with E-state index in [0.29, 0.717) is 18.2 Å². The summed E-state index contributed by atoms with van der Waals surface area (Å²) in [4.78, 5) is 17.6. The molecule has 6 nitrogen and oxygen atoms in total. The number of carbonyl (C=O) groups is 1. The van der Waals surface area contributed by atoms with Crippen LogP contribution in [0, 0.1) is 6.92 Å². The molecule has 0 aliphatic carbocycles. The van der Waals surface area contributed by atoms with Crippen molar-refractivity contribution >= 4 is 11.6 Å². The first-order valence-corrected chi connectivity index (χ1v) is 11.1. The molecule has 0 N–H and O–H groups in total. The lowest BCUT2D eigenvalue weighted by Gasteiger charge is -2.46. The Morgan fingerprint density at radius 2 is 1.68 bits per heavy atom. The van der Waals surface area contributed by atoms with Gasteiger partial charge in [-0.15, -0.1) is 10.2 Å². The number of aromatic nitrogens is 2. The lowest BCUT2D eigenvalue weighted by molar-refractivity contribution is -0.120. The lowest BCUT2D eigenvalue weighted by atomic mass is 9.84. The summed E-state index contributed by atoms with van der Waals surface area (Å²) in [6.07, 6.45) is 2.94. The van der Waals surface area contributed by atoms with Crippen LogP contribution in [0.2, 0.25) is 0 Å². The van der Waals surface area contributed by atoms with E-state index >= 15 is 0 Å². The molecule has 162 valence electrons.